The Kier molecular flexibility index (Phi) is 4.76. The molecule has 0 saturated heterocycles. The van der Waals surface area contributed by atoms with E-state index in [0.717, 1.165) is 24.9 Å². The molecule has 2 N–H and O–H groups in total. The number of carbonyl (C=O) groups is 1. The molecule has 1 amide bonds. The van der Waals surface area contributed by atoms with Crippen molar-refractivity contribution in [2.75, 3.05) is 19.3 Å². The lowest BCUT2D eigenvalue weighted by Crippen LogP contribution is -2.28. The second kappa shape index (κ2) is 6.09. The average molecular weight is 232 g/mol. The highest BCUT2D eigenvalue weighted by Crippen LogP contribution is 2.14. The topological polar surface area (TPSA) is 46.3 Å². The Hall–Kier alpha value is -1.77. The maximum absolute atomic E-state index is 12.2. The molecule has 0 aliphatic carbocycles. The monoisotopic (exact) mass is 232 g/mol. The SMILES string of the molecule is C=CCCCN(C)C(=O)c1cc(N)ccc1C. The van der Waals surface area contributed by atoms with Crippen molar-refractivity contribution >= 4 is 11.6 Å². The number of allylic oxidation sites excluding steroid dienone is 1. The molecule has 1 aromatic carbocycles. The lowest BCUT2D eigenvalue weighted by molar-refractivity contribution is 0.0793. The van der Waals surface area contributed by atoms with Crippen molar-refractivity contribution in [2.45, 2.75) is 19.8 Å². The summed E-state index contributed by atoms with van der Waals surface area (Å²) >= 11 is 0. The Morgan fingerprint density at radius 2 is 2.24 bits per heavy atom. The quantitative estimate of drug-likeness (QED) is 0.482. The number of unbranched alkanes of at least 4 members (excludes halogenated alkanes) is 1. The van der Waals surface area contributed by atoms with E-state index in [1.54, 1.807) is 11.0 Å². The third-order valence-electron chi connectivity index (χ3n) is 2.74. The zero-order chi connectivity index (χ0) is 12.8. The van der Waals surface area contributed by atoms with Crippen LogP contribution in [-0.4, -0.2) is 24.4 Å². The molecule has 0 aliphatic rings. The van der Waals surface area contributed by atoms with E-state index in [1.807, 2.05) is 32.2 Å². The minimum absolute atomic E-state index is 0.0267. The molecule has 0 aliphatic heterocycles. The Morgan fingerprint density at radius 3 is 2.88 bits per heavy atom. The van der Waals surface area contributed by atoms with E-state index in [4.69, 9.17) is 5.73 Å². The fourth-order valence-corrected chi connectivity index (χ4v) is 1.65. The molecule has 0 spiro atoms. The Labute approximate surface area is 103 Å². The van der Waals surface area contributed by atoms with Gasteiger partial charge in [-0.2, -0.15) is 0 Å². The summed E-state index contributed by atoms with van der Waals surface area (Å²) in [6, 6.07) is 5.42. The molecule has 0 saturated carbocycles. The first-order chi connectivity index (χ1) is 8.06. The van der Waals surface area contributed by atoms with Crippen LogP contribution in [0.5, 0.6) is 0 Å². The zero-order valence-corrected chi connectivity index (χ0v) is 10.6. The number of hydrogen-bond donors (Lipinski definition) is 1. The number of aryl methyl sites for hydroxylation is 1. The van der Waals surface area contributed by atoms with Crippen molar-refractivity contribution < 1.29 is 4.79 Å². The summed E-state index contributed by atoms with van der Waals surface area (Å²) in [4.78, 5) is 13.9. The third-order valence-corrected chi connectivity index (χ3v) is 2.74. The van der Waals surface area contributed by atoms with E-state index in [9.17, 15) is 4.79 Å². The summed E-state index contributed by atoms with van der Waals surface area (Å²) in [5.74, 6) is 0.0267. The van der Waals surface area contributed by atoms with Gasteiger partial charge < -0.3 is 10.6 Å². The van der Waals surface area contributed by atoms with Gasteiger partial charge in [0.25, 0.3) is 5.91 Å². The number of rotatable bonds is 5. The molecule has 0 bridgehead atoms. The lowest BCUT2D eigenvalue weighted by atomic mass is 10.1. The van der Waals surface area contributed by atoms with E-state index in [-0.39, 0.29) is 5.91 Å². The first-order valence-corrected chi connectivity index (χ1v) is 5.78. The molecule has 17 heavy (non-hydrogen) atoms. The van der Waals surface area contributed by atoms with Gasteiger partial charge in [0, 0.05) is 24.8 Å². The van der Waals surface area contributed by atoms with Gasteiger partial charge in [0.1, 0.15) is 0 Å². The molecule has 0 fully saturated rings. The van der Waals surface area contributed by atoms with Crippen molar-refractivity contribution in [1.82, 2.24) is 4.90 Å². The number of nitrogens with zero attached hydrogens (tertiary/aromatic N) is 1. The minimum atomic E-state index is 0.0267. The number of hydrogen-bond acceptors (Lipinski definition) is 2. The number of nitrogen functional groups attached to an aromatic ring is 1. The molecule has 0 atom stereocenters. The number of benzene rings is 1. The summed E-state index contributed by atoms with van der Waals surface area (Å²) in [6.07, 6.45) is 3.73. The van der Waals surface area contributed by atoms with Crippen LogP contribution in [0.15, 0.2) is 30.9 Å². The van der Waals surface area contributed by atoms with Crippen LogP contribution >= 0.6 is 0 Å². The number of anilines is 1. The predicted octanol–water partition coefficient (Wildman–Crippen LogP) is 2.62. The minimum Gasteiger partial charge on any atom is -0.399 e. The first kappa shape index (κ1) is 13.3. The van der Waals surface area contributed by atoms with Crippen molar-refractivity contribution in [3.8, 4) is 0 Å². The summed E-state index contributed by atoms with van der Waals surface area (Å²) in [5, 5.41) is 0. The van der Waals surface area contributed by atoms with Gasteiger partial charge in [0.05, 0.1) is 0 Å². The average Bonchev–Trinajstić information content (AvgIpc) is 2.31. The molecule has 1 aromatic rings. The van der Waals surface area contributed by atoms with Gasteiger partial charge in [-0.15, -0.1) is 6.58 Å². The van der Waals surface area contributed by atoms with Gasteiger partial charge in [-0.25, -0.2) is 0 Å². The normalized spacial score (nSPS) is 10.0. The van der Waals surface area contributed by atoms with Crippen LogP contribution in [0.25, 0.3) is 0 Å². The van der Waals surface area contributed by atoms with Crippen LogP contribution in [0.2, 0.25) is 0 Å². The molecular weight excluding hydrogens is 212 g/mol. The number of amides is 1. The van der Waals surface area contributed by atoms with E-state index < -0.39 is 0 Å². The van der Waals surface area contributed by atoms with Crippen molar-refractivity contribution in [2.24, 2.45) is 0 Å². The van der Waals surface area contributed by atoms with Crippen molar-refractivity contribution in [3.05, 3.63) is 42.0 Å². The van der Waals surface area contributed by atoms with Gasteiger partial charge in [-0.1, -0.05) is 12.1 Å². The van der Waals surface area contributed by atoms with E-state index in [1.165, 1.54) is 0 Å². The highest BCUT2D eigenvalue weighted by atomic mass is 16.2. The highest BCUT2D eigenvalue weighted by Gasteiger charge is 2.13. The second-order valence-electron chi connectivity index (χ2n) is 4.23. The Morgan fingerprint density at radius 1 is 1.53 bits per heavy atom. The Bertz CT molecular complexity index is 413. The third kappa shape index (κ3) is 3.63. The standard InChI is InChI=1S/C14H20N2O/c1-4-5-6-9-16(3)14(17)13-10-12(15)8-7-11(13)2/h4,7-8,10H,1,5-6,9,15H2,2-3H3. The molecule has 0 aromatic heterocycles. The highest BCUT2D eigenvalue weighted by molar-refractivity contribution is 5.96. The number of nitrogens with two attached hydrogens (primary N) is 1. The fourth-order valence-electron chi connectivity index (χ4n) is 1.65. The van der Waals surface area contributed by atoms with Crippen LogP contribution in [0.4, 0.5) is 5.69 Å². The molecule has 3 heteroatoms. The smallest absolute Gasteiger partial charge is 0.253 e. The van der Waals surface area contributed by atoms with Crippen LogP contribution in [0.1, 0.15) is 28.8 Å². The van der Waals surface area contributed by atoms with Crippen LogP contribution < -0.4 is 5.73 Å². The van der Waals surface area contributed by atoms with Crippen molar-refractivity contribution in [1.29, 1.82) is 0 Å². The summed E-state index contributed by atoms with van der Waals surface area (Å²) < 4.78 is 0. The lowest BCUT2D eigenvalue weighted by Gasteiger charge is -2.18. The Balaban J connectivity index is 2.74. The molecular formula is C14H20N2O. The van der Waals surface area contributed by atoms with Crippen molar-refractivity contribution in [3.63, 3.8) is 0 Å². The maximum atomic E-state index is 12.2. The molecule has 0 unspecified atom stereocenters. The van der Waals surface area contributed by atoms with Gasteiger partial charge >= 0.3 is 0 Å². The second-order valence-corrected chi connectivity index (χ2v) is 4.23. The largest absolute Gasteiger partial charge is 0.399 e. The van der Waals surface area contributed by atoms with E-state index in [0.29, 0.717) is 11.3 Å². The molecule has 1 rings (SSSR count). The molecule has 0 radical (unpaired) electrons. The molecule has 3 nitrogen and oxygen atoms in total. The van der Waals surface area contributed by atoms with Gasteiger partial charge in [-0.05, 0) is 37.5 Å². The maximum Gasteiger partial charge on any atom is 0.253 e. The van der Waals surface area contributed by atoms with Crippen LogP contribution in [-0.2, 0) is 0 Å². The van der Waals surface area contributed by atoms with Gasteiger partial charge in [0.15, 0.2) is 0 Å². The predicted molar refractivity (Wildman–Crippen MR) is 72.0 cm³/mol. The molecule has 0 heterocycles. The summed E-state index contributed by atoms with van der Waals surface area (Å²) in [5.41, 5.74) is 7.97. The summed E-state index contributed by atoms with van der Waals surface area (Å²) in [7, 11) is 1.81. The fraction of sp³-hybridized carbons (Fsp3) is 0.357. The number of carbonyl (C=O) groups excluding carboxylic acids is 1. The molecule has 92 valence electrons. The van der Waals surface area contributed by atoms with Crippen LogP contribution in [0, 0.1) is 6.92 Å². The first-order valence-electron chi connectivity index (χ1n) is 5.78. The zero-order valence-electron chi connectivity index (χ0n) is 10.6. The van der Waals surface area contributed by atoms with Crippen LogP contribution in [0.3, 0.4) is 0 Å². The van der Waals surface area contributed by atoms with Gasteiger partial charge in [0.2, 0.25) is 0 Å². The van der Waals surface area contributed by atoms with E-state index in [2.05, 4.69) is 6.58 Å². The summed E-state index contributed by atoms with van der Waals surface area (Å²) in [6.45, 7) is 6.32. The van der Waals surface area contributed by atoms with E-state index >= 15 is 0 Å². The van der Waals surface area contributed by atoms with Gasteiger partial charge in [-0.3, -0.25) is 4.79 Å².